The summed E-state index contributed by atoms with van der Waals surface area (Å²) in [6.07, 6.45) is 2.00. The molecule has 1 rings (SSSR count). The normalized spacial score (nSPS) is 13.6. The van der Waals surface area contributed by atoms with Crippen molar-refractivity contribution in [2.45, 2.75) is 51.5 Å². The number of hydrogen-bond donors (Lipinski definition) is 1. The molecule has 1 N–H and O–H groups in total. The van der Waals surface area contributed by atoms with Gasteiger partial charge in [0.25, 0.3) is 0 Å². The van der Waals surface area contributed by atoms with Gasteiger partial charge in [0.2, 0.25) is 10.0 Å². The summed E-state index contributed by atoms with van der Waals surface area (Å²) in [5.41, 5.74) is 1.04. The summed E-state index contributed by atoms with van der Waals surface area (Å²) >= 11 is 0. The SMILES string of the molecule is CCCNC(CC)c1cccc(S(=O)(=O)N(CC)CC)c1. The average Bonchev–Trinajstić information content (AvgIpc) is 2.49. The van der Waals surface area contributed by atoms with Crippen LogP contribution in [0.5, 0.6) is 0 Å². The van der Waals surface area contributed by atoms with Gasteiger partial charge < -0.3 is 5.32 Å². The van der Waals surface area contributed by atoms with E-state index in [1.165, 1.54) is 4.31 Å². The lowest BCUT2D eigenvalue weighted by Crippen LogP contribution is -2.30. The van der Waals surface area contributed by atoms with E-state index in [1.54, 1.807) is 6.07 Å². The first-order valence-corrected chi connectivity index (χ1v) is 9.28. The molecule has 0 saturated heterocycles. The van der Waals surface area contributed by atoms with Crippen molar-refractivity contribution in [1.82, 2.24) is 9.62 Å². The number of nitrogens with one attached hydrogen (secondary N) is 1. The van der Waals surface area contributed by atoms with Crippen molar-refractivity contribution in [3.63, 3.8) is 0 Å². The van der Waals surface area contributed by atoms with Crippen LogP contribution in [-0.4, -0.2) is 32.4 Å². The van der Waals surface area contributed by atoms with E-state index in [9.17, 15) is 8.42 Å². The van der Waals surface area contributed by atoms with Crippen LogP contribution < -0.4 is 5.32 Å². The summed E-state index contributed by atoms with van der Waals surface area (Å²) in [5.74, 6) is 0. The van der Waals surface area contributed by atoms with Gasteiger partial charge in [-0.05, 0) is 37.1 Å². The van der Waals surface area contributed by atoms with Gasteiger partial charge in [0, 0.05) is 19.1 Å². The Hall–Kier alpha value is -0.910. The Morgan fingerprint density at radius 1 is 1.14 bits per heavy atom. The number of nitrogens with zero attached hydrogens (tertiary/aromatic N) is 1. The Kier molecular flexibility index (Phi) is 7.35. The maximum atomic E-state index is 12.6. The average molecular weight is 312 g/mol. The van der Waals surface area contributed by atoms with Gasteiger partial charge in [-0.2, -0.15) is 4.31 Å². The molecule has 0 heterocycles. The van der Waals surface area contributed by atoms with E-state index in [4.69, 9.17) is 0 Å². The highest BCUT2D eigenvalue weighted by Gasteiger charge is 2.22. The molecule has 1 unspecified atom stereocenters. The van der Waals surface area contributed by atoms with Gasteiger partial charge >= 0.3 is 0 Å². The van der Waals surface area contributed by atoms with Gasteiger partial charge in [-0.25, -0.2) is 8.42 Å². The van der Waals surface area contributed by atoms with Crippen LogP contribution in [0.1, 0.15) is 52.1 Å². The van der Waals surface area contributed by atoms with E-state index < -0.39 is 10.0 Å². The fourth-order valence-electron chi connectivity index (χ4n) is 2.42. The molecule has 0 radical (unpaired) electrons. The lowest BCUT2D eigenvalue weighted by atomic mass is 10.0. The smallest absolute Gasteiger partial charge is 0.243 e. The highest BCUT2D eigenvalue weighted by Crippen LogP contribution is 2.22. The molecule has 0 aliphatic carbocycles. The van der Waals surface area contributed by atoms with Crippen molar-refractivity contribution in [2.75, 3.05) is 19.6 Å². The van der Waals surface area contributed by atoms with E-state index in [0.29, 0.717) is 18.0 Å². The molecule has 21 heavy (non-hydrogen) atoms. The lowest BCUT2D eigenvalue weighted by Gasteiger charge is -2.21. The minimum absolute atomic E-state index is 0.205. The van der Waals surface area contributed by atoms with Gasteiger partial charge in [0.05, 0.1) is 4.90 Å². The summed E-state index contributed by atoms with van der Waals surface area (Å²) in [6.45, 7) is 9.89. The summed E-state index contributed by atoms with van der Waals surface area (Å²) in [7, 11) is -3.38. The topological polar surface area (TPSA) is 49.4 Å². The Balaban J connectivity index is 3.09. The molecule has 1 aromatic carbocycles. The predicted octanol–water partition coefficient (Wildman–Crippen LogP) is 3.17. The molecule has 0 aliphatic heterocycles. The van der Waals surface area contributed by atoms with E-state index in [0.717, 1.165) is 24.9 Å². The molecule has 0 fully saturated rings. The molecule has 0 amide bonds. The molecular weight excluding hydrogens is 284 g/mol. The fraction of sp³-hybridized carbons (Fsp3) is 0.625. The standard InChI is InChI=1S/C16H28N2O2S/c1-5-12-17-16(6-2)14-10-9-11-15(13-14)21(19,20)18(7-3)8-4/h9-11,13,16-17H,5-8,12H2,1-4H3. The Morgan fingerprint density at radius 3 is 2.33 bits per heavy atom. The van der Waals surface area contributed by atoms with Gasteiger partial charge in [-0.3, -0.25) is 0 Å². The van der Waals surface area contributed by atoms with Gasteiger partial charge in [-0.15, -0.1) is 0 Å². The second-order valence-corrected chi connectivity index (χ2v) is 7.01. The van der Waals surface area contributed by atoms with Crippen molar-refractivity contribution in [3.05, 3.63) is 29.8 Å². The number of benzene rings is 1. The maximum absolute atomic E-state index is 12.6. The summed E-state index contributed by atoms with van der Waals surface area (Å²) in [5, 5.41) is 3.46. The third-order valence-electron chi connectivity index (χ3n) is 3.65. The molecule has 4 nitrogen and oxygen atoms in total. The van der Waals surface area contributed by atoms with Crippen LogP contribution in [0.25, 0.3) is 0 Å². The first kappa shape index (κ1) is 18.1. The summed E-state index contributed by atoms with van der Waals surface area (Å²) in [6, 6.07) is 7.53. The minimum atomic E-state index is -3.38. The predicted molar refractivity (Wildman–Crippen MR) is 87.9 cm³/mol. The van der Waals surface area contributed by atoms with Crippen LogP contribution in [-0.2, 0) is 10.0 Å². The highest BCUT2D eigenvalue weighted by molar-refractivity contribution is 7.89. The van der Waals surface area contributed by atoms with Crippen molar-refractivity contribution in [3.8, 4) is 0 Å². The van der Waals surface area contributed by atoms with Crippen molar-refractivity contribution in [1.29, 1.82) is 0 Å². The van der Waals surface area contributed by atoms with Gasteiger partial charge in [0.1, 0.15) is 0 Å². The molecule has 0 aromatic heterocycles. The molecule has 5 heteroatoms. The minimum Gasteiger partial charge on any atom is -0.310 e. The first-order valence-electron chi connectivity index (χ1n) is 7.84. The van der Waals surface area contributed by atoms with Crippen LogP contribution in [0.15, 0.2) is 29.2 Å². The Labute approximate surface area is 129 Å². The largest absolute Gasteiger partial charge is 0.310 e. The quantitative estimate of drug-likeness (QED) is 0.762. The van der Waals surface area contributed by atoms with Crippen LogP contribution in [0, 0.1) is 0 Å². The summed E-state index contributed by atoms with van der Waals surface area (Å²) in [4.78, 5) is 0.389. The molecule has 120 valence electrons. The third-order valence-corrected chi connectivity index (χ3v) is 5.70. The van der Waals surface area contributed by atoms with E-state index >= 15 is 0 Å². The van der Waals surface area contributed by atoms with Gasteiger partial charge in [0.15, 0.2) is 0 Å². The van der Waals surface area contributed by atoms with Crippen LogP contribution in [0.3, 0.4) is 0 Å². The van der Waals surface area contributed by atoms with Crippen LogP contribution in [0.4, 0.5) is 0 Å². The van der Waals surface area contributed by atoms with E-state index in [-0.39, 0.29) is 6.04 Å². The maximum Gasteiger partial charge on any atom is 0.243 e. The highest BCUT2D eigenvalue weighted by atomic mass is 32.2. The zero-order chi connectivity index (χ0) is 15.9. The van der Waals surface area contributed by atoms with Crippen LogP contribution in [0.2, 0.25) is 0 Å². The van der Waals surface area contributed by atoms with Crippen LogP contribution >= 0.6 is 0 Å². The second kappa shape index (κ2) is 8.51. The Morgan fingerprint density at radius 2 is 1.81 bits per heavy atom. The monoisotopic (exact) mass is 312 g/mol. The number of rotatable bonds is 9. The summed E-state index contributed by atoms with van der Waals surface area (Å²) < 4.78 is 26.6. The molecule has 0 aliphatic rings. The molecule has 1 atom stereocenters. The fourth-order valence-corrected chi connectivity index (χ4v) is 3.93. The van der Waals surface area contributed by atoms with Crippen molar-refractivity contribution < 1.29 is 8.42 Å². The Bertz CT molecular complexity index is 525. The zero-order valence-electron chi connectivity index (χ0n) is 13.6. The van der Waals surface area contributed by atoms with Crippen molar-refractivity contribution in [2.24, 2.45) is 0 Å². The first-order chi connectivity index (χ1) is 10.0. The number of sulfonamides is 1. The number of hydrogen-bond acceptors (Lipinski definition) is 3. The second-order valence-electron chi connectivity index (χ2n) is 5.08. The molecule has 0 bridgehead atoms. The molecule has 0 spiro atoms. The van der Waals surface area contributed by atoms with E-state index in [2.05, 4.69) is 19.2 Å². The molecule has 0 saturated carbocycles. The third kappa shape index (κ3) is 4.53. The molecule has 1 aromatic rings. The van der Waals surface area contributed by atoms with Gasteiger partial charge in [-0.1, -0.05) is 39.8 Å². The van der Waals surface area contributed by atoms with Crippen molar-refractivity contribution >= 4 is 10.0 Å². The zero-order valence-corrected chi connectivity index (χ0v) is 14.4. The van der Waals surface area contributed by atoms with E-state index in [1.807, 2.05) is 32.0 Å². The molecular formula is C16H28N2O2S. The lowest BCUT2D eigenvalue weighted by molar-refractivity contribution is 0.445.